The Balaban J connectivity index is 1.56. The monoisotopic (exact) mass is 416 g/mol. The Morgan fingerprint density at radius 2 is 2.03 bits per heavy atom. The molecule has 0 N–H and O–H groups in total. The van der Waals surface area contributed by atoms with E-state index in [1.165, 1.54) is 0 Å². The second kappa shape index (κ2) is 9.82. The van der Waals surface area contributed by atoms with Crippen molar-refractivity contribution in [2.45, 2.75) is 39.5 Å². The Bertz CT molecular complexity index is 835. The number of thiazole rings is 1. The predicted octanol–water partition coefficient (Wildman–Crippen LogP) is 3.12. The van der Waals surface area contributed by atoms with Crippen molar-refractivity contribution >= 4 is 29.0 Å². The van der Waals surface area contributed by atoms with Gasteiger partial charge in [-0.15, -0.1) is 11.3 Å². The smallest absolute Gasteiger partial charge is 0.339 e. The number of aromatic nitrogens is 2. The molecule has 2 aromatic rings. The summed E-state index contributed by atoms with van der Waals surface area (Å²) in [5, 5.41) is 3.07. The van der Waals surface area contributed by atoms with Crippen molar-refractivity contribution in [2.75, 3.05) is 37.7 Å². The average molecular weight is 417 g/mol. The lowest BCUT2D eigenvalue weighted by Gasteiger charge is -2.23. The van der Waals surface area contributed by atoms with Crippen molar-refractivity contribution in [1.29, 1.82) is 0 Å². The number of esters is 1. The summed E-state index contributed by atoms with van der Waals surface area (Å²) in [5.74, 6) is 0.965. The normalized spacial score (nSPS) is 14.8. The standard InChI is InChI=1S/C21H28N4O3S/c1-4-28-21(27)16-6-7-18(22-13-16)24-8-5-9-25(11-10-24)19(26)12-17-14-29-20(23-17)15(2)3/h6-7,13-15H,4-5,8-12H2,1-3H3. The van der Waals surface area contributed by atoms with Gasteiger partial charge in [-0.1, -0.05) is 13.8 Å². The fourth-order valence-electron chi connectivity index (χ4n) is 3.24. The highest BCUT2D eigenvalue weighted by Gasteiger charge is 2.21. The van der Waals surface area contributed by atoms with Crippen molar-refractivity contribution in [1.82, 2.24) is 14.9 Å². The maximum absolute atomic E-state index is 12.7. The molecule has 1 saturated heterocycles. The molecular formula is C21H28N4O3S. The van der Waals surface area contributed by atoms with E-state index >= 15 is 0 Å². The van der Waals surface area contributed by atoms with Crippen LogP contribution in [0.5, 0.6) is 0 Å². The second-order valence-electron chi connectivity index (χ2n) is 7.36. The van der Waals surface area contributed by atoms with E-state index in [1.54, 1.807) is 30.5 Å². The molecule has 0 unspecified atom stereocenters. The molecule has 0 aromatic carbocycles. The second-order valence-corrected chi connectivity index (χ2v) is 8.25. The zero-order chi connectivity index (χ0) is 20.8. The largest absolute Gasteiger partial charge is 0.462 e. The number of carbonyl (C=O) groups excluding carboxylic acids is 2. The first kappa shape index (κ1) is 21.2. The van der Waals surface area contributed by atoms with Gasteiger partial charge in [0.25, 0.3) is 0 Å². The van der Waals surface area contributed by atoms with Gasteiger partial charge in [-0.3, -0.25) is 4.79 Å². The van der Waals surface area contributed by atoms with Gasteiger partial charge in [0.05, 0.1) is 29.3 Å². The molecule has 0 aliphatic carbocycles. The molecule has 29 heavy (non-hydrogen) atoms. The third-order valence-electron chi connectivity index (χ3n) is 4.83. The van der Waals surface area contributed by atoms with Crippen molar-refractivity contribution in [3.05, 3.63) is 40.0 Å². The third kappa shape index (κ3) is 5.53. The molecule has 2 aromatic heterocycles. The van der Waals surface area contributed by atoms with Gasteiger partial charge in [0.1, 0.15) is 5.82 Å². The Morgan fingerprint density at radius 3 is 2.69 bits per heavy atom. The molecule has 3 rings (SSSR count). The first-order valence-corrected chi connectivity index (χ1v) is 11.0. The van der Waals surface area contributed by atoms with Gasteiger partial charge in [0.15, 0.2) is 0 Å². The molecule has 1 fully saturated rings. The van der Waals surface area contributed by atoms with E-state index in [1.807, 2.05) is 16.3 Å². The summed E-state index contributed by atoms with van der Waals surface area (Å²) in [5.41, 5.74) is 1.31. The quantitative estimate of drug-likeness (QED) is 0.674. The van der Waals surface area contributed by atoms with E-state index in [0.29, 0.717) is 37.6 Å². The topological polar surface area (TPSA) is 75.6 Å². The number of hydrogen-bond donors (Lipinski definition) is 0. The number of anilines is 1. The summed E-state index contributed by atoms with van der Waals surface area (Å²) in [6.45, 7) is 9.27. The van der Waals surface area contributed by atoms with Crippen LogP contribution >= 0.6 is 11.3 Å². The Morgan fingerprint density at radius 1 is 1.21 bits per heavy atom. The van der Waals surface area contributed by atoms with Gasteiger partial charge >= 0.3 is 5.97 Å². The van der Waals surface area contributed by atoms with E-state index in [0.717, 1.165) is 36.0 Å². The molecule has 0 spiro atoms. The molecule has 0 saturated carbocycles. The Kier molecular flexibility index (Phi) is 7.19. The summed E-state index contributed by atoms with van der Waals surface area (Å²) in [6, 6.07) is 3.58. The number of pyridine rings is 1. The van der Waals surface area contributed by atoms with Crippen LogP contribution in [-0.2, 0) is 16.0 Å². The number of hydrogen-bond acceptors (Lipinski definition) is 7. The average Bonchev–Trinajstić information content (AvgIpc) is 3.04. The minimum absolute atomic E-state index is 0.123. The molecule has 8 heteroatoms. The third-order valence-corrected chi connectivity index (χ3v) is 6.02. The lowest BCUT2D eigenvalue weighted by Crippen LogP contribution is -2.36. The first-order chi connectivity index (χ1) is 14.0. The van der Waals surface area contributed by atoms with Gasteiger partial charge < -0.3 is 14.5 Å². The minimum Gasteiger partial charge on any atom is -0.462 e. The van der Waals surface area contributed by atoms with Gasteiger partial charge in [0, 0.05) is 43.7 Å². The zero-order valence-corrected chi connectivity index (χ0v) is 18.1. The number of ether oxygens (including phenoxy) is 1. The van der Waals surface area contributed by atoms with Gasteiger partial charge in [-0.05, 0) is 25.5 Å². The molecule has 0 bridgehead atoms. The molecule has 1 aliphatic heterocycles. The first-order valence-electron chi connectivity index (χ1n) is 10.1. The SMILES string of the molecule is CCOC(=O)c1ccc(N2CCCN(C(=O)Cc3csc(C(C)C)n3)CC2)nc1. The van der Waals surface area contributed by atoms with Crippen LogP contribution in [-0.4, -0.2) is 59.5 Å². The predicted molar refractivity (Wildman–Crippen MR) is 114 cm³/mol. The maximum Gasteiger partial charge on any atom is 0.339 e. The molecule has 1 amide bonds. The highest BCUT2D eigenvalue weighted by molar-refractivity contribution is 7.09. The molecule has 0 radical (unpaired) electrons. The number of amides is 1. The summed E-state index contributed by atoms with van der Waals surface area (Å²) < 4.78 is 5.00. The van der Waals surface area contributed by atoms with E-state index < -0.39 is 0 Å². The fraction of sp³-hybridized carbons (Fsp3) is 0.524. The molecule has 156 valence electrons. The van der Waals surface area contributed by atoms with Crippen LogP contribution in [0.1, 0.15) is 54.2 Å². The van der Waals surface area contributed by atoms with E-state index in [4.69, 9.17) is 4.74 Å². The fourth-order valence-corrected chi connectivity index (χ4v) is 4.07. The minimum atomic E-state index is -0.359. The van der Waals surface area contributed by atoms with Crippen molar-refractivity contribution in [3.63, 3.8) is 0 Å². The lowest BCUT2D eigenvalue weighted by atomic mass is 10.2. The van der Waals surface area contributed by atoms with Crippen molar-refractivity contribution in [3.8, 4) is 0 Å². The van der Waals surface area contributed by atoms with Crippen LogP contribution in [0.25, 0.3) is 0 Å². The molecule has 3 heterocycles. The van der Waals surface area contributed by atoms with Crippen LogP contribution in [0, 0.1) is 0 Å². The maximum atomic E-state index is 12.7. The van der Waals surface area contributed by atoms with Crippen LogP contribution < -0.4 is 4.90 Å². The summed E-state index contributed by atoms with van der Waals surface area (Å²) in [7, 11) is 0. The molecular weight excluding hydrogens is 388 g/mol. The molecule has 0 atom stereocenters. The van der Waals surface area contributed by atoms with Crippen LogP contribution in [0.3, 0.4) is 0 Å². The lowest BCUT2D eigenvalue weighted by molar-refractivity contribution is -0.130. The summed E-state index contributed by atoms with van der Waals surface area (Å²) in [4.78, 5) is 37.6. The molecule has 1 aliphatic rings. The van der Waals surface area contributed by atoms with Crippen LogP contribution in [0.15, 0.2) is 23.7 Å². The van der Waals surface area contributed by atoms with Gasteiger partial charge in [0.2, 0.25) is 5.91 Å². The number of rotatable bonds is 6. The Labute approximate surface area is 175 Å². The van der Waals surface area contributed by atoms with E-state index in [2.05, 4.69) is 28.7 Å². The zero-order valence-electron chi connectivity index (χ0n) is 17.3. The van der Waals surface area contributed by atoms with Gasteiger partial charge in [-0.2, -0.15) is 0 Å². The van der Waals surface area contributed by atoms with Crippen molar-refractivity contribution in [2.24, 2.45) is 0 Å². The summed E-state index contributed by atoms with van der Waals surface area (Å²) in [6.07, 6.45) is 2.78. The van der Waals surface area contributed by atoms with Gasteiger partial charge in [-0.25, -0.2) is 14.8 Å². The number of nitrogens with zero attached hydrogens (tertiary/aromatic N) is 4. The van der Waals surface area contributed by atoms with Crippen molar-refractivity contribution < 1.29 is 14.3 Å². The van der Waals surface area contributed by atoms with E-state index in [-0.39, 0.29) is 11.9 Å². The van der Waals surface area contributed by atoms with E-state index in [9.17, 15) is 9.59 Å². The number of carbonyl (C=O) groups is 2. The van der Waals surface area contributed by atoms with Crippen LogP contribution in [0.4, 0.5) is 5.82 Å². The van der Waals surface area contributed by atoms with Crippen LogP contribution in [0.2, 0.25) is 0 Å². The highest BCUT2D eigenvalue weighted by atomic mass is 32.1. The Hall–Kier alpha value is -2.48. The highest BCUT2D eigenvalue weighted by Crippen LogP contribution is 2.20. The summed E-state index contributed by atoms with van der Waals surface area (Å²) >= 11 is 1.62. The molecule has 7 nitrogen and oxygen atoms in total.